The third-order valence-electron chi connectivity index (χ3n) is 6.97. The van der Waals surface area contributed by atoms with E-state index >= 15 is 0 Å². The van der Waals surface area contributed by atoms with Gasteiger partial charge in [-0.25, -0.2) is 13.4 Å². The summed E-state index contributed by atoms with van der Waals surface area (Å²) in [5.41, 5.74) is 4.01. The monoisotopic (exact) mass is 561 g/mol. The summed E-state index contributed by atoms with van der Waals surface area (Å²) in [7, 11) is -3.70. The number of sulfonamides is 1. The van der Waals surface area contributed by atoms with Crippen molar-refractivity contribution in [3.8, 4) is 0 Å². The van der Waals surface area contributed by atoms with Crippen LogP contribution in [-0.4, -0.2) is 63.0 Å². The highest BCUT2D eigenvalue weighted by molar-refractivity contribution is 7.93. The van der Waals surface area contributed by atoms with Gasteiger partial charge in [0.05, 0.1) is 10.6 Å². The molecule has 0 radical (unpaired) electrons. The van der Waals surface area contributed by atoms with Crippen LogP contribution in [0.25, 0.3) is 0 Å². The first kappa shape index (κ1) is 25.8. The minimum Gasteiger partial charge on any atom is -0.368 e. The number of halogens is 1. The number of piperazine rings is 1. The van der Waals surface area contributed by atoms with Gasteiger partial charge in [-0.2, -0.15) is 0 Å². The van der Waals surface area contributed by atoms with Crippen LogP contribution in [0.5, 0.6) is 0 Å². The van der Waals surface area contributed by atoms with E-state index in [0.29, 0.717) is 31.3 Å². The standard InChI is InChI=1S/C26H30ClN5O3S2.H2/c1-18-17-36-26(28-18)29-37(34,35)23-8-6-22(7-9-23)30-12-14-31(15-13-30)25(33)19(2)32-11-3-4-20-16-21(27)5-10-24(20)32;/h5-10,16-17,19H,3-4,11-15H2,1-2H3,(H,28,29);1H/t19-;/m1./s1. The highest BCUT2D eigenvalue weighted by Crippen LogP contribution is 2.31. The molecule has 1 aromatic heterocycles. The molecule has 0 aliphatic carbocycles. The zero-order chi connectivity index (χ0) is 26.2. The molecule has 0 spiro atoms. The molecule has 2 aromatic carbocycles. The number of amides is 1. The summed E-state index contributed by atoms with van der Waals surface area (Å²) in [6.07, 6.45) is 1.98. The molecule has 1 saturated heterocycles. The second-order valence-corrected chi connectivity index (χ2v) is 12.4. The van der Waals surface area contributed by atoms with E-state index in [9.17, 15) is 13.2 Å². The average Bonchev–Trinajstić information content (AvgIpc) is 3.31. The van der Waals surface area contributed by atoms with Gasteiger partial charge in [-0.05, 0) is 74.7 Å². The Labute approximate surface area is 228 Å². The first-order valence-corrected chi connectivity index (χ1v) is 15.1. The molecule has 2 aliphatic heterocycles. The molecule has 11 heteroatoms. The van der Waals surface area contributed by atoms with Crippen molar-refractivity contribution in [2.24, 2.45) is 0 Å². The maximum absolute atomic E-state index is 13.4. The van der Waals surface area contributed by atoms with Gasteiger partial charge in [-0.1, -0.05) is 11.6 Å². The summed E-state index contributed by atoms with van der Waals surface area (Å²) in [4.78, 5) is 24.1. The van der Waals surface area contributed by atoms with Crippen LogP contribution >= 0.6 is 22.9 Å². The lowest BCUT2D eigenvalue weighted by atomic mass is 10.00. The number of nitrogens with one attached hydrogen (secondary N) is 1. The number of aromatic nitrogens is 1. The summed E-state index contributed by atoms with van der Waals surface area (Å²) >= 11 is 7.44. The third kappa shape index (κ3) is 5.56. The molecule has 198 valence electrons. The van der Waals surface area contributed by atoms with Crippen molar-refractivity contribution in [2.75, 3.05) is 47.2 Å². The lowest BCUT2D eigenvalue weighted by Gasteiger charge is -2.41. The molecule has 1 atom stereocenters. The van der Waals surface area contributed by atoms with Crippen molar-refractivity contribution < 1.29 is 14.6 Å². The normalized spacial score (nSPS) is 16.9. The number of carbonyl (C=O) groups is 1. The molecule has 0 saturated carbocycles. The van der Waals surface area contributed by atoms with E-state index in [-0.39, 0.29) is 18.3 Å². The molecule has 2 aliphatic rings. The predicted octanol–water partition coefficient (Wildman–Crippen LogP) is 4.64. The van der Waals surface area contributed by atoms with Crippen LogP contribution in [0, 0.1) is 6.92 Å². The van der Waals surface area contributed by atoms with Gasteiger partial charge in [0.2, 0.25) is 5.91 Å². The molecule has 8 nitrogen and oxygen atoms in total. The fourth-order valence-corrected chi connectivity index (χ4v) is 7.13. The third-order valence-corrected chi connectivity index (χ3v) is 9.56. The van der Waals surface area contributed by atoms with Crippen molar-refractivity contribution in [3.05, 3.63) is 64.1 Å². The average molecular weight is 562 g/mol. The van der Waals surface area contributed by atoms with Gasteiger partial charge in [-0.3, -0.25) is 9.52 Å². The Morgan fingerprint density at radius 1 is 1.11 bits per heavy atom. The van der Waals surface area contributed by atoms with Crippen molar-refractivity contribution >= 4 is 55.4 Å². The molecular formula is C26H32ClN5O3S2. The van der Waals surface area contributed by atoms with Crippen LogP contribution in [0.3, 0.4) is 0 Å². The molecular weight excluding hydrogens is 530 g/mol. The van der Waals surface area contributed by atoms with Crippen LogP contribution in [0.15, 0.2) is 52.7 Å². The molecule has 37 heavy (non-hydrogen) atoms. The van der Waals surface area contributed by atoms with Crippen LogP contribution in [0.4, 0.5) is 16.5 Å². The molecule has 1 fully saturated rings. The highest BCUT2D eigenvalue weighted by Gasteiger charge is 2.31. The van der Waals surface area contributed by atoms with Crippen LogP contribution in [-0.2, 0) is 21.2 Å². The minimum absolute atomic E-state index is 0. The number of anilines is 3. The highest BCUT2D eigenvalue weighted by atomic mass is 35.5. The largest absolute Gasteiger partial charge is 0.368 e. The number of hydrogen-bond acceptors (Lipinski definition) is 7. The molecule has 1 N–H and O–H groups in total. The van der Waals surface area contributed by atoms with E-state index in [4.69, 9.17) is 11.6 Å². The Kier molecular flexibility index (Phi) is 7.33. The van der Waals surface area contributed by atoms with Gasteiger partial charge >= 0.3 is 0 Å². The van der Waals surface area contributed by atoms with E-state index in [1.807, 2.05) is 49.1 Å². The summed E-state index contributed by atoms with van der Waals surface area (Å²) in [6, 6.07) is 12.5. The van der Waals surface area contributed by atoms with Crippen LogP contribution in [0.1, 0.15) is 26.0 Å². The second-order valence-electron chi connectivity index (χ2n) is 9.45. The summed E-state index contributed by atoms with van der Waals surface area (Å²) in [5, 5.41) is 2.88. The lowest BCUT2D eigenvalue weighted by molar-refractivity contribution is -0.132. The fourth-order valence-electron chi connectivity index (χ4n) is 4.99. The molecule has 3 aromatic rings. The smallest absolute Gasteiger partial charge is 0.263 e. The van der Waals surface area contributed by atoms with Gasteiger partial charge in [-0.15, -0.1) is 11.3 Å². The van der Waals surface area contributed by atoms with E-state index in [1.54, 1.807) is 17.5 Å². The van der Waals surface area contributed by atoms with Crippen molar-refractivity contribution in [3.63, 3.8) is 0 Å². The number of thiazole rings is 1. The van der Waals surface area contributed by atoms with Crippen molar-refractivity contribution in [2.45, 2.75) is 37.6 Å². The van der Waals surface area contributed by atoms with Gasteiger partial charge in [0, 0.05) is 55.9 Å². The SMILES string of the molecule is Cc1csc(NS(=O)(=O)c2ccc(N3CCN(C(=O)[C@@H](C)N4CCCc5cc(Cl)ccc54)CC3)cc2)n1.[HH]. The van der Waals surface area contributed by atoms with Crippen molar-refractivity contribution in [1.82, 2.24) is 9.88 Å². The molecule has 3 heterocycles. The first-order chi connectivity index (χ1) is 17.7. The number of nitrogens with zero attached hydrogens (tertiary/aromatic N) is 4. The maximum atomic E-state index is 13.4. The molecule has 1 amide bonds. The fraction of sp³-hybridized carbons (Fsp3) is 0.385. The van der Waals surface area contributed by atoms with Gasteiger partial charge < -0.3 is 14.7 Å². The Hall–Kier alpha value is -2.82. The van der Waals surface area contributed by atoms with Crippen LogP contribution < -0.4 is 14.5 Å². The second kappa shape index (κ2) is 10.5. The van der Waals surface area contributed by atoms with Crippen molar-refractivity contribution in [1.29, 1.82) is 0 Å². The Bertz CT molecular complexity index is 1390. The van der Waals surface area contributed by atoms with E-state index in [0.717, 1.165) is 41.5 Å². The van der Waals surface area contributed by atoms with Crippen LogP contribution in [0.2, 0.25) is 5.02 Å². The zero-order valence-corrected chi connectivity index (χ0v) is 23.2. The Morgan fingerprint density at radius 2 is 1.84 bits per heavy atom. The number of fused-ring (bicyclic) bond motifs is 1. The van der Waals surface area contributed by atoms with E-state index < -0.39 is 10.0 Å². The number of hydrogen-bond donors (Lipinski definition) is 1. The predicted molar refractivity (Wildman–Crippen MR) is 152 cm³/mol. The van der Waals surface area contributed by atoms with Gasteiger partial charge in [0.1, 0.15) is 6.04 Å². The summed E-state index contributed by atoms with van der Waals surface area (Å²) in [5.74, 6) is 0.132. The number of rotatable bonds is 6. The summed E-state index contributed by atoms with van der Waals surface area (Å²) < 4.78 is 27.9. The minimum atomic E-state index is -3.70. The molecule has 0 bridgehead atoms. The van der Waals surface area contributed by atoms with Gasteiger partial charge in [0.15, 0.2) is 5.13 Å². The van der Waals surface area contributed by atoms with Gasteiger partial charge in [0.25, 0.3) is 10.0 Å². The zero-order valence-electron chi connectivity index (χ0n) is 20.9. The quantitative estimate of drug-likeness (QED) is 0.472. The number of aryl methyl sites for hydroxylation is 2. The van der Waals surface area contributed by atoms with E-state index in [2.05, 4.69) is 19.5 Å². The molecule has 5 rings (SSSR count). The Morgan fingerprint density at radius 3 is 2.51 bits per heavy atom. The van der Waals surface area contributed by atoms with E-state index in [1.165, 1.54) is 16.9 Å². The molecule has 0 unspecified atom stereocenters. The summed E-state index contributed by atoms with van der Waals surface area (Å²) in [6.45, 7) is 7.28. The number of benzene rings is 2. The first-order valence-electron chi connectivity index (χ1n) is 12.3. The lowest BCUT2D eigenvalue weighted by Crippen LogP contribution is -2.55. The topological polar surface area (TPSA) is 85.8 Å². The Balaban J connectivity index is 0.00000336. The number of carbonyl (C=O) groups excluding carboxylic acids is 1. The maximum Gasteiger partial charge on any atom is 0.263 e.